The summed E-state index contributed by atoms with van der Waals surface area (Å²) in [6.45, 7) is 5.57. The molecular weight excluding hydrogens is 275 g/mol. The van der Waals surface area contributed by atoms with E-state index in [9.17, 15) is 4.79 Å². The lowest BCUT2D eigenvalue weighted by molar-refractivity contribution is 0.0343. The van der Waals surface area contributed by atoms with Crippen LogP contribution in [0, 0.1) is 5.41 Å². The van der Waals surface area contributed by atoms with Crippen molar-refractivity contribution >= 4 is 18.4 Å². The molecule has 3 nitrogen and oxygen atoms in total. The molecule has 4 heteroatoms. The summed E-state index contributed by atoms with van der Waals surface area (Å²) < 4.78 is 11.5. The molecule has 1 fully saturated rings. The van der Waals surface area contributed by atoms with Crippen LogP contribution in [0.25, 0.3) is 0 Å². The topological polar surface area (TPSA) is 35.5 Å². The fraction of sp³-hybridized carbons (Fsp3) is 0.278. The molecule has 0 aromatic heterocycles. The minimum absolute atomic E-state index is 0.0266. The lowest BCUT2D eigenvalue weighted by atomic mass is 9.75. The van der Waals surface area contributed by atoms with Crippen LogP contribution in [0.5, 0.6) is 0 Å². The van der Waals surface area contributed by atoms with E-state index in [1.165, 1.54) is 0 Å². The quantitative estimate of drug-likeness (QED) is 0.645. The van der Waals surface area contributed by atoms with Gasteiger partial charge >= 0.3 is 7.12 Å². The molecule has 0 bridgehead atoms. The third-order valence-corrected chi connectivity index (χ3v) is 3.73. The summed E-state index contributed by atoms with van der Waals surface area (Å²) in [7, 11) is -0.339. The molecule has 0 amide bonds. The van der Waals surface area contributed by atoms with E-state index in [4.69, 9.17) is 9.31 Å². The molecule has 1 aliphatic heterocycles. The van der Waals surface area contributed by atoms with Crippen molar-refractivity contribution in [3.8, 4) is 0 Å². The Morgan fingerprint density at radius 3 is 2.05 bits per heavy atom. The normalized spacial score (nSPS) is 17.3. The lowest BCUT2D eigenvalue weighted by Gasteiger charge is -2.33. The van der Waals surface area contributed by atoms with Gasteiger partial charge in [-0.3, -0.25) is 4.79 Å². The Morgan fingerprint density at radius 2 is 1.45 bits per heavy atom. The minimum atomic E-state index is -0.339. The lowest BCUT2D eigenvalue weighted by Crippen LogP contribution is -2.47. The molecular formula is C18H19BO3. The van der Waals surface area contributed by atoms with E-state index < -0.39 is 0 Å². The number of rotatable bonds is 3. The largest absolute Gasteiger partial charge is 0.493 e. The van der Waals surface area contributed by atoms with Gasteiger partial charge in [0, 0.05) is 29.8 Å². The zero-order chi connectivity index (χ0) is 15.6. The van der Waals surface area contributed by atoms with Crippen molar-refractivity contribution in [2.45, 2.75) is 13.8 Å². The van der Waals surface area contributed by atoms with E-state index in [0.29, 0.717) is 24.3 Å². The van der Waals surface area contributed by atoms with Crippen LogP contribution in [-0.2, 0) is 9.31 Å². The van der Waals surface area contributed by atoms with Gasteiger partial charge in [0.15, 0.2) is 5.78 Å². The van der Waals surface area contributed by atoms with Crippen LogP contribution in [0.4, 0.5) is 0 Å². The average molecular weight is 294 g/mol. The molecule has 1 aliphatic rings. The highest BCUT2D eigenvalue weighted by Crippen LogP contribution is 2.21. The monoisotopic (exact) mass is 294 g/mol. The van der Waals surface area contributed by atoms with E-state index in [2.05, 4.69) is 13.8 Å². The third-order valence-electron chi connectivity index (χ3n) is 3.73. The van der Waals surface area contributed by atoms with Gasteiger partial charge in [-0.15, -0.1) is 0 Å². The third kappa shape index (κ3) is 3.29. The molecule has 0 saturated carbocycles. The molecule has 0 radical (unpaired) electrons. The molecule has 2 aromatic carbocycles. The smallest absolute Gasteiger partial charge is 0.407 e. The zero-order valence-electron chi connectivity index (χ0n) is 12.9. The van der Waals surface area contributed by atoms with Gasteiger partial charge in [0.05, 0.1) is 0 Å². The molecule has 0 N–H and O–H groups in total. The fourth-order valence-electron chi connectivity index (χ4n) is 2.43. The Hall–Kier alpha value is -1.91. The van der Waals surface area contributed by atoms with Crippen LogP contribution in [0.15, 0.2) is 54.6 Å². The maximum atomic E-state index is 12.4. The highest BCUT2D eigenvalue weighted by Gasteiger charge is 2.33. The summed E-state index contributed by atoms with van der Waals surface area (Å²) in [6, 6.07) is 16.8. The first kappa shape index (κ1) is 15.0. The number of carbonyl (C=O) groups is 1. The van der Waals surface area contributed by atoms with Gasteiger partial charge in [0.1, 0.15) is 0 Å². The molecule has 2 aromatic rings. The second-order valence-electron chi connectivity index (χ2n) is 6.44. The molecule has 22 heavy (non-hydrogen) atoms. The van der Waals surface area contributed by atoms with E-state index in [1.807, 2.05) is 54.6 Å². The van der Waals surface area contributed by atoms with E-state index in [1.54, 1.807) is 0 Å². The fourth-order valence-corrected chi connectivity index (χ4v) is 2.43. The van der Waals surface area contributed by atoms with Crippen molar-refractivity contribution < 1.29 is 14.1 Å². The average Bonchev–Trinajstić information content (AvgIpc) is 2.55. The first-order valence-corrected chi connectivity index (χ1v) is 7.48. The predicted molar refractivity (Wildman–Crippen MR) is 87.4 cm³/mol. The Morgan fingerprint density at radius 1 is 0.909 bits per heavy atom. The summed E-state index contributed by atoms with van der Waals surface area (Å²) in [5.74, 6) is 0.0266. The van der Waals surface area contributed by atoms with Crippen LogP contribution in [0.1, 0.15) is 29.8 Å². The van der Waals surface area contributed by atoms with Crippen molar-refractivity contribution in [1.82, 2.24) is 0 Å². The van der Waals surface area contributed by atoms with Gasteiger partial charge in [-0.2, -0.15) is 0 Å². The van der Waals surface area contributed by atoms with Crippen LogP contribution < -0.4 is 5.46 Å². The van der Waals surface area contributed by atoms with Crippen LogP contribution in [-0.4, -0.2) is 26.1 Å². The Kier molecular flexibility index (Phi) is 4.14. The SMILES string of the molecule is CC1(C)COB(c2ccc(C(=O)c3ccccc3)cc2)OC1. The number of hydrogen-bond donors (Lipinski definition) is 0. The highest BCUT2D eigenvalue weighted by molar-refractivity contribution is 6.61. The van der Waals surface area contributed by atoms with Crippen molar-refractivity contribution in [2.24, 2.45) is 5.41 Å². The Balaban J connectivity index is 1.72. The molecule has 0 aliphatic carbocycles. The predicted octanol–water partition coefficient (Wildman–Crippen LogP) is 2.69. The van der Waals surface area contributed by atoms with Gasteiger partial charge in [-0.1, -0.05) is 68.4 Å². The highest BCUT2D eigenvalue weighted by atomic mass is 16.6. The first-order valence-electron chi connectivity index (χ1n) is 7.48. The first-order chi connectivity index (χ1) is 10.6. The van der Waals surface area contributed by atoms with E-state index in [0.717, 1.165) is 5.46 Å². The van der Waals surface area contributed by atoms with Gasteiger partial charge < -0.3 is 9.31 Å². The van der Waals surface area contributed by atoms with Gasteiger partial charge in [0.2, 0.25) is 0 Å². The zero-order valence-corrected chi connectivity index (χ0v) is 12.9. The van der Waals surface area contributed by atoms with Crippen molar-refractivity contribution in [3.05, 3.63) is 65.7 Å². The maximum Gasteiger partial charge on any atom is 0.493 e. The van der Waals surface area contributed by atoms with E-state index >= 15 is 0 Å². The van der Waals surface area contributed by atoms with Gasteiger partial charge in [-0.05, 0) is 5.46 Å². The second-order valence-corrected chi connectivity index (χ2v) is 6.44. The molecule has 1 heterocycles. The Bertz CT molecular complexity index is 640. The number of benzene rings is 2. The number of ketones is 1. The number of hydrogen-bond acceptors (Lipinski definition) is 3. The summed E-state index contributed by atoms with van der Waals surface area (Å²) in [5.41, 5.74) is 2.37. The van der Waals surface area contributed by atoms with Crippen molar-refractivity contribution in [3.63, 3.8) is 0 Å². The number of carbonyl (C=O) groups excluding carboxylic acids is 1. The van der Waals surface area contributed by atoms with Crippen LogP contribution in [0.3, 0.4) is 0 Å². The summed E-state index contributed by atoms with van der Waals surface area (Å²) in [5, 5.41) is 0. The standard InChI is InChI=1S/C18H19BO3/c1-18(2)12-21-19(22-13-18)16-10-8-15(9-11-16)17(20)14-6-4-3-5-7-14/h3-11H,12-13H2,1-2H3. The van der Waals surface area contributed by atoms with Gasteiger partial charge in [0.25, 0.3) is 0 Å². The van der Waals surface area contributed by atoms with E-state index in [-0.39, 0.29) is 18.3 Å². The summed E-state index contributed by atoms with van der Waals surface area (Å²) >= 11 is 0. The van der Waals surface area contributed by atoms with Crippen molar-refractivity contribution in [1.29, 1.82) is 0 Å². The second kappa shape index (κ2) is 6.07. The molecule has 0 spiro atoms. The van der Waals surface area contributed by atoms with Crippen LogP contribution in [0.2, 0.25) is 0 Å². The van der Waals surface area contributed by atoms with Crippen LogP contribution >= 0.6 is 0 Å². The molecule has 3 rings (SSSR count). The molecule has 112 valence electrons. The molecule has 1 saturated heterocycles. The molecule has 0 unspecified atom stereocenters. The minimum Gasteiger partial charge on any atom is -0.407 e. The van der Waals surface area contributed by atoms with Gasteiger partial charge in [-0.25, -0.2) is 0 Å². The summed E-state index contributed by atoms with van der Waals surface area (Å²) in [4.78, 5) is 12.4. The summed E-state index contributed by atoms with van der Waals surface area (Å²) in [6.07, 6.45) is 0. The van der Waals surface area contributed by atoms with Crippen molar-refractivity contribution in [2.75, 3.05) is 13.2 Å². The Labute approximate surface area is 131 Å². The molecule has 0 atom stereocenters. The maximum absolute atomic E-state index is 12.4.